The van der Waals surface area contributed by atoms with Crippen LogP contribution in [0.1, 0.15) is 74.0 Å². The maximum Gasteiger partial charge on any atom is 0.231 e. The number of halogens is 2. The topological polar surface area (TPSA) is 121 Å². The zero-order valence-corrected chi connectivity index (χ0v) is 23.4. The molecule has 0 unspecified atom stereocenters. The van der Waals surface area contributed by atoms with Crippen molar-refractivity contribution in [2.45, 2.75) is 75.6 Å². The average molecular weight is 579 g/mol. The Kier molecular flexibility index (Phi) is 6.92. The zero-order chi connectivity index (χ0) is 29.8. The number of rotatable bonds is 11. The lowest BCUT2D eigenvalue weighted by Gasteiger charge is -2.26. The molecule has 0 spiro atoms. The van der Waals surface area contributed by atoms with Crippen LogP contribution < -0.4 is 19.9 Å². The maximum atomic E-state index is 14.2. The van der Waals surface area contributed by atoms with Gasteiger partial charge in [0.2, 0.25) is 5.91 Å². The van der Waals surface area contributed by atoms with Crippen LogP contribution in [0.2, 0.25) is 0 Å². The van der Waals surface area contributed by atoms with Crippen LogP contribution in [0.3, 0.4) is 0 Å². The van der Waals surface area contributed by atoms with E-state index >= 15 is 0 Å². The summed E-state index contributed by atoms with van der Waals surface area (Å²) in [5, 5.41) is 11.6. The van der Waals surface area contributed by atoms with Gasteiger partial charge in [0.15, 0.2) is 28.9 Å². The van der Waals surface area contributed by atoms with Gasteiger partial charge in [-0.2, -0.15) is 0 Å². The lowest BCUT2D eigenvalue weighted by molar-refractivity contribution is -0.123. The minimum absolute atomic E-state index is 0.0118. The second-order valence-corrected chi connectivity index (χ2v) is 11.8. The molecule has 10 heteroatoms. The number of nitrogens with zero attached hydrogens (tertiary/aromatic N) is 1. The molecule has 3 aliphatic rings. The molecule has 6 rings (SSSR count). The van der Waals surface area contributed by atoms with E-state index in [4.69, 9.17) is 19.9 Å². The lowest BCUT2D eigenvalue weighted by Crippen LogP contribution is -2.40. The number of aromatic nitrogens is 1. The van der Waals surface area contributed by atoms with Gasteiger partial charge >= 0.3 is 0 Å². The van der Waals surface area contributed by atoms with Gasteiger partial charge in [0.1, 0.15) is 29.1 Å². The minimum atomic E-state index is -1.64. The summed E-state index contributed by atoms with van der Waals surface area (Å²) < 4.78 is 45.6. The molecule has 8 nitrogen and oxygen atoms in total. The highest BCUT2D eigenvalue weighted by atomic mass is 19.2. The number of Topliss-reactive ketones (excluding diaryl/α,β-unsaturated/α-hetero) is 1. The molecule has 2 heterocycles. The summed E-state index contributed by atoms with van der Waals surface area (Å²) in [4.78, 5) is 30.3. The Bertz CT molecular complexity index is 1580. The Morgan fingerprint density at radius 3 is 2.38 bits per heavy atom. The van der Waals surface area contributed by atoms with Crippen LogP contribution in [-0.2, 0) is 15.8 Å². The number of ketones is 1. The highest BCUT2D eigenvalue weighted by molar-refractivity contribution is 5.96. The first-order valence-corrected chi connectivity index (χ1v) is 14.1. The molecule has 0 radical (unpaired) electrons. The van der Waals surface area contributed by atoms with E-state index in [1.807, 2.05) is 0 Å². The van der Waals surface area contributed by atoms with Crippen molar-refractivity contribution in [1.29, 1.82) is 0 Å². The van der Waals surface area contributed by atoms with E-state index in [0.717, 1.165) is 37.8 Å². The summed E-state index contributed by atoms with van der Waals surface area (Å²) in [5.74, 6) is -1.60. The highest BCUT2D eigenvalue weighted by Gasteiger charge is 2.45. The van der Waals surface area contributed by atoms with Crippen molar-refractivity contribution in [2.75, 3.05) is 6.61 Å². The number of nitrogens with two attached hydrogens (primary N) is 1. The number of carbonyl (C=O) groups is 2. The van der Waals surface area contributed by atoms with Gasteiger partial charge < -0.3 is 25.1 Å². The van der Waals surface area contributed by atoms with Gasteiger partial charge in [-0.15, -0.1) is 0 Å². The van der Waals surface area contributed by atoms with Crippen molar-refractivity contribution in [3.8, 4) is 28.5 Å². The van der Waals surface area contributed by atoms with Gasteiger partial charge in [0, 0.05) is 23.1 Å². The molecule has 0 bridgehead atoms. The molecule has 2 atom stereocenters. The lowest BCUT2D eigenvalue weighted by atomic mass is 9.81. The van der Waals surface area contributed by atoms with Gasteiger partial charge in [-0.1, -0.05) is 0 Å². The highest BCUT2D eigenvalue weighted by Crippen LogP contribution is 2.46. The smallest absolute Gasteiger partial charge is 0.231 e. The van der Waals surface area contributed by atoms with E-state index in [-0.39, 0.29) is 60.1 Å². The summed E-state index contributed by atoms with van der Waals surface area (Å²) >= 11 is 0. The van der Waals surface area contributed by atoms with E-state index in [9.17, 15) is 23.5 Å². The third-order valence-corrected chi connectivity index (χ3v) is 8.10. The third-order valence-electron chi connectivity index (χ3n) is 8.10. The van der Waals surface area contributed by atoms with Crippen LogP contribution in [-0.4, -0.2) is 40.6 Å². The quantitative estimate of drug-likeness (QED) is 0.303. The first kappa shape index (κ1) is 28.1. The molecule has 42 heavy (non-hydrogen) atoms. The number of amides is 1. The van der Waals surface area contributed by atoms with E-state index in [0.29, 0.717) is 22.6 Å². The van der Waals surface area contributed by atoms with Crippen LogP contribution in [0.25, 0.3) is 11.3 Å². The van der Waals surface area contributed by atoms with Crippen molar-refractivity contribution in [2.24, 2.45) is 5.73 Å². The van der Waals surface area contributed by atoms with Crippen LogP contribution in [0.15, 0.2) is 42.5 Å². The molecular weight excluding hydrogens is 546 g/mol. The second kappa shape index (κ2) is 10.3. The predicted molar refractivity (Wildman–Crippen MR) is 149 cm³/mol. The van der Waals surface area contributed by atoms with E-state index in [1.54, 1.807) is 25.1 Å². The Hall–Kier alpha value is -4.05. The fraction of sp³-hybridized carbons (Fsp3) is 0.406. The van der Waals surface area contributed by atoms with E-state index in [2.05, 4.69) is 4.98 Å². The Morgan fingerprint density at radius 2 is 1.74 bits per heavy atom. The fourth-order valence-corrected chi connectivity index (χ4v) is 4.93. The Morgan fingerprint density at radius 1 is 1.05 bits per heavy atom. The van der Waals surface area contributed by atoms with Gasteiger partial charge in [-0.05, 0) is 88.4 Å². The summed E-state index contributed by atoms with van der Waals surface area (Å²) in [6.07, 6.45) is 4.19. The molecule has 2 saturated carbocycles. The van der Waals surface area contributed by atoms with E-state index in [1.165, 1.54) is 19.1 Å². The number of ether oxygens (including phenoxy) is 3. The molecule has 1 amide bonds. The number of primary amides is 1. The maximum absolute atomic E-state index is 14.2. The molecule has 1 aliphatic heterocycles. The number of aliphatic hydroxyl groups is 1. The first-order valence-electron chi connectivity index (χ1n) is 14.1. The Labute approximate surface area is 241 Å². The summed E-state index contributed by atoms with van der Waals surface area (Å²) in [7, 11) is 0. The summed E-state index contributed by atoms with van der Waals surface area (Å²) in [6.45, 7) is 3.04. The van der Waals surface area contributed by atoms with Crippen molar-refractivity contribution < 1.29 is 37.7 Å². The number of benzene rings is 2. The van der Waals surface area contributed by atoms with Crippen molar-refractivity contribution >= 4 is 11.7 Å². The number of pyridine rings is 1. The third kappa shape index (κ3) is 5.43. The molecule has 0 saturated heterocycles. The van der Waals surface area contributed by atoms with Crippen LogP contribution in [0, 0.1) is 11.6 Å². The Balaban J connectivity index is 1.28. The van der Waals surface area contributed by atoms with Crippen molar-refractivity contribution in [1.82, 2.24) is 4.98 Å². The standard InChI is InChI=1S/C32H32F2N2O6/c1-31(30(35)38)16-40-29-21(31)15-27(36-28(29)18-3-9-22(33)23(34)13-18)32(2,39)12-11-24(37)17-4-10-25(41-19-5-6-19)26(14-17)42-20-7-8-20/h3-4,9-10,13-15,19-20,39H,5-8,11-12,16H2,1-2H3,(H2,35,38)/t31-,32-/m0/s1. The number of hydrogen-bond acceptors (Lipinski definition) is 7. The molecule has 220 valence electrons. The minimum Gasteiger partial charge on any atom is -0.489 e. The first-order chi connectivity index (χ1) is 19.9. The molecule has 2 fully saturated rings. The molecule has 2 aliphatic carbocycles. The van der Waals surface area contributed by atoms with Crippen LogP contribution in [0.5, 0.6) is 17.2 Å². The number of carbonyl (C=O) groups excluding carboxylic acids is 2. The van der Waals surface area contributed by atoms with Crippen molar-refractivity contribution in [3.05, 3.63) is 70.9 Å². The number of fused-ring (bicyclic) bond motifs is 1. The largest absolute Gasteiger partial charge is 0.489 e. The predicted octanol–water partition coefficient (Wildman–Crippen LogP) is 5.12. The molecule has 3 aromatic rings. The SMILES string of the molecule is C[C@](O)(CCC(=O)c1ccc(OC2CC2)c(OC2CC2)c1)c1cc2c(c(-c3ccc(F)c(F)c3)n1)OC[C@]2(C)C(N)=O. The molecular formula is C32H32F2N2O6. The summed E-state index contributed by atoms with van der Waals surface area (Å²) in [5.41, 5.74) is 4.11. The van der Waals surface area contributed by atoms with Gasteiger partial charge in [0.05, 0.1) is 17.9 Å². The van der Waals surface area contributed by atoms with Gasteiger partial charge in [0.25, 0.3) is 0 Å². The molecule has 3 N–H and O–H groups in total. The van der Waals surface area contributed by atoms with Crippen LogP contribution in [0.4, 0.5) is 8.78 Å². The van der Waals surface area contributed by atoms with Gasteiger partial charge in [-0.25, -0.2) is 13.8 Å². The summed E-state index contributed by atoms with van der Waals surface area (Å²) in [6, 6.07) is 9.95. The molecule has 1 aromatic heterocycles. The second-order valence-electron chi connectivity index (χ2n) is 11.8. The number of hydrogen-bond donors (Lipinski definition) is 2. The average Bonchev–Trinajstić information content (AvgIpc) is 3.90. The van der Waals surface area contributed by atoms with Crippen LogP contribution >= 0.6 is 0 Å². The normalized spacial score (nSPS) is 20.8. The van der Waals surface area contributed by atoms with E-state index < -0.39 is 28.6 Å². The van der Waals surface area contributed by atoms with Crippen molar-refractivity contribution in [3.63, 3.8) is 0 Å². The fourth-order valence-electron chi connectivity index (χ4n) is 4.93. The van der Waals surface area contributed by atoms with Gasteiger partial charge in [-0.3, -0.25) is 9.59 Å². The zero-order valence-electron chi connectivity index (χ0n) is 23.4. The molecule has 2 aromatic carbocycles. The monoisotopic (exact) mass is 578 g/mol.